The Labute approximate surface area is 163 Å². The molecule has 0 radical (unpaired) electrons. The Bertz CT molecular complexity index is 550. The third-order valence-electron chi connectivity index (χ3n) is 4.85. The molecule has 1 aromatic rings. The van der Waals surface area contributed by atoms with Crippen molar-refractivity contribution in [2.24, 2.45) is 0 Å². The molecule has 1 N–H and O–H groups in total. The molecule has 1 saturated heterocycles. The summed E-state index contributed by atoms with van der Waals surface area (Å²) in [6, 6.07) is 5.95. The molecular weight excluding hydrogens is 346 g/mol. The third kappa shape index (κ3) is 7.63. The van der Waals surface area contributed by atoms with Crippen molar-refractivity contribution in [1.82, 2.24) is 14.7 Å². The second-order valence-electron chi connectivity index (χ2n) is 7.28. The van der Waals surface area contributed by atoms with Crippen LogP contribution in [0.2, 0.25) is 0 Å². The number of piperazine rings is 1. The SMILES string of the molecule is COCCN(C)Cc1ccc(OC)c(OC[C@H](O)CN2CCN(C)CC2)c1. The minimum absolute atomic E-state index is 0.256. The summed E-state index contributed by atoms with van der Waals surface area (Å²) in [5.41, 5.74) is 1.14. The largest absolute Gasteiger partial charge is 0.493 e. The normalized spacial score (nSPS) is 17.3. The average Bonchev–Trinajstić information content (AvgIpc) is 2.66. The lowest BCUT2D eigenvalue weighted by molar-refractivity contribution is 0.0497. The highest BCUT2D eigenvalue weighted by atomic mass is 16.5. The number of methoxy groups -OCH3 is 2. The van der Waals surface area contributed by atoms with Crippen molar-refractivity contribution in [2.75, 3.05) is 80.8 Å². The quantitative estimate of drug-likeness (QED) is 0.607. The maximum absolute atomic E-state index is 10.4. The van der Waals surface area contributed by atoms with Gasteiger partial charge in [0.1, 0.15) is 12.7 Å². The molecule has 0 unspecified atom stereocenters. The molecule has 7 nitrogen and oxygen atoms in total. The Morgan fingerprint density at radius 1 is 1.15 bits per heavy atom. The monoisotopic (exact) mass is 381 g/mol. The van der Waals surface area contributed by atoms with Gasteiger partial charge in [0.15, 0.2) is 11.5 Å². The molecule has 154 valence electrons. The van der Waals surface area contributed by atoms with Crippen LogP contribution in [0, 0.1) is 0 Å². The number of benzene rings is 1. The van der Waals surface area contributed by atoms with Crippen LogP contribution in [0.25, 0.3) is 0 Å². The number of rotatable bonds is 11. The molecule has 0 amide bonds. The van der Waals surface area contributed by atoms with Gasteiger partial charge in [0, 0.05) is 52.9 Å². The van der Waals surface area contributed by atoms with E-state index in [0.29, 0.717) is 24.7 Å². The first-order chi connectivity index (χ1) is 13.0. The number of ether oxygens (including phenoxy) is 3. The van der Waals surface area contributed by atoms with Crippen LogP contribution >= 0.6 is 0 Å². The zero-order valence-electron chi connectivity index (χ0n) is 17.2. The van der Waals surface area contributed by atoms with Crippen molar-refractivity contribution in [1.29, 1.82) is 0 Å². The fraction of sp³-hybridized carbons (Fsp3) is 0.700. The first-order valence-electron chi connectivity index (χ1n) is 9.58. The Morgan fingerprint density at radius 2 is 1.89 bits per heavy atom. The minimum Gasteiger partial charge on any atom is -0.493 e. The van der Waals surface area contributed by atoms with Crippen molar-refractivity contribution >= 4 is 0 Å². The summed E-state index contributed by atoms with van der Waals surface area (Å²) < 4.78 is 16.4. The fourth-order valence-corrected chi connectivity index (χ4v) is 3.14. The van der Waals surface area contributed by atoms with Crippen molar-refractivity contribution < 1.29 is 19.3 Å². The van der Waals surface area contributed by atoms with Gasteiger partial charge in [0.05, 0.1) is 13.7 Å². The van der Waals surface area contributed by atoms with E-state index in [1.807, 2.05) is 18.2 Å². The molecule has 1 aliphatic rings. The molecule has 1 fully saturated rings. The van der Waals surface area contributed by atoms with Gasteiger partial charge in [-0.1, -0.05) is 6.07 Å². The van der Waals surface area contributed by atoms with E-state index in [2.05, 4.69) is 28.8 Å². The first kappa shape index (κ1) is 21.9. The van der Waals surface area contributed by atoms with Gasteiger partial charge in [0.25, 0.3) is 0 Å². The van der Waals surface area contributed by atoms with E-state index in [1.54, 1.807) is 14.2 Å². The lowest BCUT2D eigenvalue weighted by Crippen LogP contribution is -2.47. The number of likely N-dealkylation sites (N-methyl/N-ethyl adjacent to an activating group) is 2. The van der Waals surface area contributed by atoms with Crippen LogP contribution in [0.4, 0.5) is 0 Å². The van der Waals surface area contributed by atoms with E-state index < -0.39 is 6.10 Å². The van der Waals surface area contributed by atoms with E-state index in [-0.39, 0.29) is 6.61 Å². The zero-order valence-corrected chi connectivity index (χ0v) is 17.2. The van der Waals surface area contributed by atoms with Crippen LogP contribution in [0.1, 0.15) is 5.56 Å². The molecule has 0 bridgehead atoms. The average molecular weight is 382 g/mol. The highest BCUT2D eigenvalue weighted by molar-refractivity contribution is 5.43. The van der Waals surface area contributed by atoms with E-state index in [1.165, 1.54) is 0 Å². The molecule has 1 aromatic carbocycles. The van der Waals surface area contributed by atoms with Gasteiger partial charge < -0.3 is 24.2 Å². The molecule has 1 heterocycles. The molecule has 1 atom stereocenters. The third-order valence-corrected chi connectivity index (χ3v) is 4.85. The number of β-amino-alcohol motifs (C(OH)–C–C–N with tert-alkyl or cyclic N) is 1. The summed E-state index contributed by atoms with van der Waals surface area (Å²) in [5, 5.41) is 10.4. The van der Waals surface area contributed by atoms with Crippen LogP contribution in [0.3, 0.4) is 0 Å². The van der Waals surface area contributed by atoms with Crippen LogP contribution in [-0.4, -0.2) is 107 Å². The second kappa shape index (κ2) is 11.5. The number of hydrogen-bond donors (Lipinski definition) is 1. The highest BCUT2D eigenvalue weighted by Crippen LogP contribution is 2.28. The molecule has 1 aliphatic heterocycles. The molecule has 27 heavy (non-hydrogen) atoms. The van der Waals surface area contributed by atoms with Crippen LogP contribution in [0.15, 0.2) is 18.2 Å². The molecule has 2 rings (SSSR count). The molecular formula is C20H35N3O4. The van der Waals surface area contributed by atoms with Gasteiger partial charge in [-0.3, -0.25) is 9.80 Å². The number of aliphatic hydroxyl groups excluding tert-OH is 1. The van der Waals surface area contributed by atoms with Gasteiger partial charge in [-0.2, -0.15) is 0 Å². The summed E-state index contributed by atoms with van der Waals surface area (Å²) in [6.07, 6.45) is -0.522. The van der Waals surface area contributed by atoms with Gasteiger partial charge in [-0.15, -0.1) is 0 Å². The smallest absolute Gasteiger partial charge is 0.161 e. The Morgan fingerprint density at radius 3 is 2.56 bits per heavy atom. The van der Waals surface area contributed by atoms with Gasteiger partial charge in [-0.25, -0.2) is 0 Å². The summed E-state index contributed by atoms with van der Waals surface area (Å²) >= 11 is 0. The molecule has 0 aromatic heterocycles. The summed E-state index contributed by atoms with van der Waals surface area (Å²) in [4.78, 5) is 6.78. The molecule has 7 heteroatoms. The van der Waals surface area contributed by atoms with E-state index in [4.69, 9.17) is 14.2 Å². The van der Waals surface area contributed by atoms with E-state index in [0.717, 1.165) is 44.8 Å². The van der Waals surface area contributed by atoms with Gasteiger partial charge in [-0.05, 0) is 31.8 Å². The highest BCUT2D eigenvalue weighted by Gasteiger charge is 2.18. The van der Waals surface area contributed by atoms with Crippen LogP contribution in [-0.2, 0) is 11.3 Å². The fourth-order valence-electron chi connectivity index (χ4n) is 3.14. The lowest BCUT2D eigenvalue weighted by atomic mass is 10.2. The van der Waals surface area contributed by atoms with Crippen molar-refractivity contribution in [3.8, 4) is 11.5 Å². The van der Waals surface area contributed by atoms with Gasteiger partial charge in [0.2, 0.25) is 0 Å². The first-order valence-corrected chi connectivity index (χ1v) is 9.58. The van der Waals surface area contributed by atoms with Gasteiger partial charge >= 0.3 is 0 Å². The summed E-state index contributed by atoms with van der Waals surface area (Å²) in [6.45, 7) is 7.31. The molecule has 0 spiro atoms. The Kier molecular flexibility index (Phi) is 9.30. The standard InChI is InChI=1S/C20H35N3O4/c1-21-7-9-23(10-8-21)15-18(24)16-27-20-13-17(5-6-19(20)26-4)14-22(2)11-12-25-3/h5-6,13,18,24H,7-12,14-16H2,1-4H3/t18-/m1/s1. The zero-order chi connectivity index (χ0) is 19.6. The van der Waals surface area contributed by atoms with Crippen LogP contribution in [0.5, 0.6) is 11.5 Å². The number of nitrogens with zero attached hydrogens (tertiary/aromatic N) is 3. The Hall–Kier alpha value is -1.38. The molecule has 0 saturated carbocycles. The maximum Gasteiger partial charge on any atom is 0.161 e. The predicted molar refractivity (Wildman–Crippen MR) is 107 cm³/mol. The predicted octanol–water partition coefficient (Wildman–Crippen LogP) is 0.761. The van der Waals surface area contributed by atoms with Crippen LogP contribution < -0.4 is 9.47 Å². The summed E-state index contributed by atoms with van der Waals surface area (Å²) in [7, 11) is 7.53. The minimum atomic E-state index is -0.522. The number of aliphatic hydroxyl groups is 1. The van der Waals surface area contributed by atoms with Crippen molar-refractivity contribution in [3.63, 3.8) is 0 Å². The molecule has 0 aliphatic carbocycles. The van der Waals surface area contributed by atoms with E-state index >= 15 is 0 Å². The maximum atomic E-state index is 10.4. The van der Waals surface area contributed by atoms with Crippen molar-refractivity contribution in [2.45, 2.75) is 12.6 Å². The lowest BCUT2D eigenvalue weighted by Gasteiger charge is -2.33. The van der Waals surface area contributed by atoms with E-state index in [9.17, 15) is 5.11 Å². The second-order valence-corrected chi connectivity index (χ2v) is 7.28. The Balaban J connectivity index is 1.86. The van der Waals surface area contributed by atoms with Crippen molar-refractivity contribution in [3.05, 3.63) is 23.8 Å². The summed E-state index contributed by atoms with van der Waals surface area (Å²) in [5.74, 6) is 1.36. The topological polar surface area (TPSA) is 57.6 Å². The number of hydrogen-bond acceptors (Lipinski definition) is 7.